The molecule has 0 radical (unpaired) electrons. The van der Waals surface area contributed by atoms with Crippen LogP contribution in [0.4, 0.5) is 5.69 Å². The molecule has 6 nitrogen and oxygen atoms in total. The lowest BCUT2D eigenvalue weighted by Crippen LogP contribution is -2.43. The van der Waals surface area contributed by atoms with Gasteiger partial charge in [0.2, 0.25) is 17.7 Å². The van der Waals surface area contributed by atoms with Gasteiger partial charge in [0, 0.05) is 18.5 Å². The molecule has 2 saturated heterocycles. The topological polar surface area (TPSA) is 78.5 Å². The summed E-state index contributed by atoms with van der Waals surface area (Å²) in [5, 5.41) is 6.12. The van der Waals surface area contributed by atoms with Gasteiger partial charge in [-0.25, -0.2) is 0 Å². The molecule has 3 amide bonds. The van der Waals surface area contributed by atoms with Crippen LogP contribution in [-0.2, 0) is 20.9 Å². The zero-order chi connectivity index (χ0) is 16.2. The second kappa shape index (κ2) is 8.26. The summed E-state index contributed by atoms with van der Waals surface area (Å²) in [5.41, 5.74) is 1.60. The average molecular weight is 352 g/mol. The highest BCUT2D eigenvalue weighted by atomic mass is 35.5. The van der Waals surface area contributed by atoms with Crippen molar-refractivity contribution in [2.45, 2.75) is 44.7 Å². The predicted molar refractivity (Wildman–Crippen MR) is 92.8 cm³/mol. The third-order valence-electron chi connectivity index (χ3n) is 4.34. The van der Waals surface area contributed by atoms with Crippen molar-refractivity contribution in [2.24, 2.45) is 0 Å². The molecule has 7 heteroatoms. The summed E-state index contributed by atoms with van der Waals surface area (Å²) in [7, 11) is 0. The fraction of sp³-hybridized carbons (Fsp3) is 0.471. The minimum atomic E-state index is -0.122. The van der Waals surface area contributed by atoms with E-state index in [4.69, 9.17) is 0 Å². The summed E-state index contributed by atoms with van der Waals surface area (Å²) in [6.07, 6.45) is 3.67. The Morgan fingerprint density at radius 3 is 2.38 bits per heavy atom. The predicted octanol–water partition coefficient (Wildman–Crippen LogP) is 1.84. The number of halogens is 1. The summed E-state index contributed by atoms with van der Waals surface area (Å²) in [6.45, 7) is 1.19. The zero-order valence-corrected chi connectivity index (χ0v) is 14.2. The monoisotopic (exact) mass is 351 g/mol. The van der Waals surface area contributed by atoms with E-state index in [1.807, 2.05) is 12.1 Å². The molecule has 1 aromatic carbocycles. The van der Waals surface area contributed by atoms with Crippen LogP contribution in [0.15, 0.2) is 24.3 Å². The van der Waals surface area contributed by atoms with Crippen LogP contribution in [0.1, 0.15) is 37.7 Å². The highest BCUT2D eigenvalue weighted by Crippen LogP contribution is 2.18. The van der Waals surface area contributed by atoms with Gasteiger partial charge in [-0.1, -0.05) is 18.6 Å². The molecule has 1 aromatic rings. The molecule has 1 atom stereocenters. The SMILES string of the molecule is Cl.O=C(Nc1ccc(CN2C(=O)CCC2=O)cc1)C1CCCCN1. The Balaban J connectivity index is 0.00000208. The number of rotatable bonds is 4. The molecule has 24 heavy (non-hydrogen) atoms. The quantitative estimate of drug-likeness (QED) is 0.811. The minimum absolute atomic E-state index is 0. The lowest BCUT2D eigenvalue weighted by Gasteiger charge is -2.22. The van der Waals surface area contributed by atoms with E-state index in [1.165, 1.54) is 4.90 Å². The number of amides is 3. The smallest absolute Gasteiger partial charge is 0.241 e. The van der Waals surface area contributed by atoms with E-state index in [1.54, 1.807) is 12.1 Å². The molecule has 0 aromatic heterocycles. The fourth-order valence-electron chi connectivity index (χ4n) is 2.98. The second-order valence-corrected chi connectivity index (χ2v) is 6.06. The minimum Gasteiger partial charge on any atom is -0.325 e. The van der Waals surface area contributed by atoms with E-state index in [-0.39, 0.29) is 36.2 Å². The van der Waals surface area contributed by atoms with E-state index >= 15 is 0 Å². The van der Waals surface area contributed by atoms with Gasteiger partial charge in [0.25, 0.3) is 0 Å². The summed E-state index contributed by atoms with van der Waals surface area (Å²) >= 11 is 0. The lowest BCUT2D eigenvalue weighted by atomic mass is 10.0. The van der Waals surface area contributed by atoms with Crippen molar-refractivity contribution in [1.29, 1.82) is 0 Å². The first-order valence-electron chi connectivity index (χ1n) is 8.10. The molecule has 0 aliphatic carbocycles. The van der Waals surface area contributed by atoms with Crippen molar-refractivity contribution < 1.29 is 14.4 Å². The highest BCUT2D eigenvalue weighted by molar-refractivity contribution is 6.01. The largest absolute Gasteiger partial charge is 0.325 e. The molecule has 2 fully saturated rings. The van der Waals surface area contributed by atoms with E-state index < -0.39 is 0 Å². The van der Waals surface area contributed by atoms with Crippen LogP contribution in [0.3, 0.4) is 0 Å². The first-order chi connectivity index (χ1) is 11.1. The van der Waals surface area contributed by atoms with Crippen LogP contribution in [0, 0.1) is 0 Å². The number of imide groups is 1. The first kappa shape index (κ1) is 18.4. The Hall–Kier alpha value is -1.92. The van der Waals surface area contributed by atoms with E-state index in [9.17, 15) is 14.4 Å². The average Bonchev–Trinajstić information content (AvgIpc) is 2.89. The molecule has 0 spiro atoms. The Morgan fingerprint density at radius 1 is 1.12 bits per heavy atom. The van der Waals surface area contributed by atoms with Crippen LogP contribution >= 0.6 is 12.4 Å². The number of carbonyl (C=O) groups excluding carboxylic acids is 3. The second-order valence-electron chi connectivity index (χ2n) is 6.06. The number of hydrogen-bond donors (Lipinski definition) is 2. The highest BCUT2D eigenvalue weighted by Gasteiger charge is 2.28. The van der Waals surface area contributed by atoms with Gasteiger partial charge in [0.15, 0.2) is 0 Å². The van der Waals surface area contributed by atoms with Gasteiger partial charge in [0.05, 0.1) is 12.6 Å². The van der Waals surface area contributed by atoms with Crippen molar-refractivity contribution >= 4 is 35.8 Å². The van der Waals surface area contributed by atoms with Crippen LogP contribution < -0.4 is 10.6 Å². The van der Waals surface area contributed by atoms with E-state index in [0.717, 1.165) is 37.1 Å². The Morgan fingerprint density at radius 2 is 1.79 bits per heavy atom. The zero-order valence-electron chi connectivity index (χ0n) is 13.4. The molecule has 2 aliphatic heterocycles. The molecular weight excluding hydrogens is 330 g/mol. The number of anilines is 1. The van der Waals surface area contributed by atoms with Crippen molar-refractivity contribution in [3.05, 3.63) is 29.8 Å². The lowest BCUT2D eigenvalue weighted by molar-refractivity contribution is -0.139. The number of hydrogen-bond acceptors (Lipinski definition) is 4. The summed E-state index contributed by atoms with van der Waals surface area (Å²) in [4.78, 5) is 36.7. The number of nitrogens with zero attached hydrogens (tertiary/aromatic N) is 1. The molecule has 0 bridgehead atoms. The van der Waals surface area contributed by atoms with Crippen LogP contribution in [0.2, 0.25) is 0 Å². The summed E-state index contributed by atoms with van der Waals surface area (Å²) < 4.78 is 0. The Labute approximate surface area is 147 Å². The summed E-state index contributed by atoms with van der Waals surface area (Å²) in [5.74, 6) is -0.242. The van der Waals surface area contributed by atoms with Crippen LogP contribution in [0.5, 0.6) is 0 Å². The van der Waals surface area contributed by atoms with E-state index in [2.05, 4.69) is 10.6 Å². The molecule has 0 saturated carbocycles. The third-order valence-corrected chi connectivity index (χ3v) is 4.34. The summed E-state index contributed by atoms with van der Waals surface area (Å²) in [6, 6.07) is 7.16. The van der Waals surface area contributed by atoms with Gasteiger partial charge in [-0.05, 0) is 37.1 Å². The Bertz CT molecular complexity index is 596. The molecule has 2 N–H and O–H groups in total. The maximum atomic E-state index is 12.1. The first-order valence-corrected chi connectivity index (χ1v) is 8.10. The number of carbonyl (C=O) groups is 3. The van der Waals surface area contributed by atoms with Gasteiger partial charge in [-0.3, -0.25) is 19.3 Å². The Kier molecular flexibility index (Phi) is 6.34. The standard InChI is InChI=1S/C17H21N3O3.ClH/c21-15-8-9-16(22)20(15)11-12-4-6-13(7-5-12)19-17(23)14-3-1-2-10-18-14;/h4-7,14,18H,1-3,8-11H2,(H,19,23);1H. The maximum absolute atomic E-state index is 12.1. The van der Waals surface area contributed by atoms with Crippen molar-refractivity contribution in [3.8, 4) is 0 Å². The number of nitrogens with one attached hydrogen (secondary N) is 2. The van der Waals surface area contributed by atoms with Gasteiger partial charge < -0.3 is 10.6 Å². The van der Waals surface area contributed by atoms with Crippen molar-refractivity contribution in [3.63, 3.8) is 0 Å². The van der Waals surface area contributed by atoms with Crippen molar-refractivity contribution in [2.75, 3.05) is 11.9 Å². The number of likely N-dealkylation sites (tertiary alicyclic amines) is 1. The molecule has 2 aliphatic rings. The van der Waals surface area contributed by atoms with Gasteiger partial charge in [0.1, 0.15) is 0 Å². The van der Waals surface area contributed by atoms with Gasteiger partial charge >= 0.3 is 0 Å². The van der Waals surface area contributed by atoms with Crippen molar-refractivity contribution in [1.82, 2.24) is 10.2 Å². The molecular formula is C17H22ClN3O3. The van der Waals surface area contributed by atoms with E-state index in [0.29, 0.717) is 19.4 Å². The van der Waals surface area contributed by atoms with Gasteiger partial charge in [-0.2, -0.15) is 0 Å². The molecule has 130 valence electrons. The maximum Gasteiger partial charge on any atom is 0.241 e. The molecule has 2 heterocycles. The number of piperidine rings is 1. The van der Waals surface area contributed by atoms with Crippen LogP contribution in [-0.4, -0.2) is 35.2 Å². The van der Waals surface area contributed by atoms with Crippen LogP contribution in [0.25, 0.3) is 0 Å². The van der Waals surface area contributed by atoms with Gasteiger partial charge in [-0.15, -0.1) is 12.4 Å². The number of benzene rings is 1. The normalized spacial score (nSPS) is 20.7. The molecule has 3 rings (SSSR count). The third kappa shape index (κ3) is 4.33. The molecule has 1 unspecified atom stereocenters. The fourth-order valence-corrected chi connectivity index (χ4v) is 2.98.